The van der Waals surface area contributed by atoms with Crippen molar-refractivity contribution in [3.8, 4) is 0 Å². The zero-order valence-corrected chi connectivity index (χ0v) is 12.4. The second kappa shape index (κ2) is 5.91. The van der Waals surface area contributed by atoms with E-state index in [0.29, 0.717) is 12.6 Å². The van der Waals surface area contributed by atoms with Crippen molar-refractivity contribution in [1.82, 2.24) is 5.32 Å². The van der Waals surface area contributed by atoms with E-state index in [2.05, 4.69) is 78.1 Å². The first-order chi connectivity index (χ1) is 10.9. The molecule has 2 heteroatoms. The van der Waals surface area contributed by atoms with Crippen molar-refractivity contribution in [2.75, 3.05) is 13.3 Å². The fraction of sp³-hybridized carbons (Fsp3) is 0.200. The summed E-state index contributed by atoms with van der Waals surface area (Å²) in [7, 11) is 0. The maximum atomic E-state index is 6.03. The molecule has 0 saturated carbocycles. The molecule has 1 fully saturated rings. The van der Waals surface area contributed by atoms with Crippen LogP contribution in [0.25, 0.3) is 10.8 Å². The average Bonchev–Trinajstić information content (AvgIpc) is 2.62. The minimum Gasteiger partial charge on any atom is -0.358 e. The monoisotopic (exact) mass is 289 g/mol. The Morgan fingerprint density at radius 1 is 0.773 bits per heavy atom. The predicted molar refractivity (Wildman–Crippen MR) is 89.8 cm³/mol. The molecule has 110 valence electrons. The molecule has 1 aliphatic heterocycles. The van der Waals surface area contributed by atoms with Crippen LogP contribution in [0.3, 0.4) is 0 Å². The molecular weight excluding hydrogens is 270 g/mol. The van der Waals surface area contributed by atoms with Gasteiger partial charge in [-0.2, -0.15) is 0 Å². The summed E-state index contributed by atoms with van der Waals surface area (Å²) in [4.78, 5) is 0. The lowest BCUT2D eigenvalue weighted by Crippen LogP contribution is -2.35. The molecule has 3 aromatic rings. The van der Waals surface area contributed by atoms with Gasteiger partial charge in [-0.3, -0.25) is 5.32 Å². The summed E-state index contributed by atoms with van der Waals surface area (Å²) in [5.74, 6) is 0.334. The predicted octanol–water partition coefficient (Wildman–Crippen LogP) is 4.24. The summed E-state index contributed by atoms with van der Waals surface area (Å²) < 4.78 is 6.03. The van der Waals surface area contributed by atoms with Crippen molar-refractivity contribution < 1.29 is 4.74 Å². The average molecular weight is 289 g/mol. The summed E-state index contributed by atoms with van der Waals surface area (Å²) in [6.07, 6.45) is 0.114. The molecule has 0 aromatic heterocycles. The van der Waals surface area contributed by atoms with Gasteiger partial charge in [0.2, 0.25) is 0 Å². The third-order valence-electron chi connectivity index (χ3n) is 4.42. The van der Waals surface area contributed by atoms with Crippen molar-refractivity contribution in [3.63, 3.8) is 0 Å². The Morgan fingerprint density at radius 3 is 2.41 bits per heavy atom. The fourth-order valence-electron chi connectivity index (χ4n) is 3.29. The van der Waals surface area contributed by atoms with Gasteiger partial charge < -0.3 is 4.74 Å². The first-order valence-corrected chi connectivity index (χ1v) is 7.78. The molecule has 4 rings (SSSR count). The Balaban J connectivity index is 1.74. The molecule has 2 nitrogen and oxygen atoms in total. The summed E-state index contributed by atoms with van der Waals surface area (Å²) in [6, 6.07) is 25.8. The van der Waals surface area contributed by atoms with Crippen LogP contribution in [-0.4, -0.2) is 13.3 Å². The van der Waals surface area contributed by atoms with Crippen LogP contribution in [0.5, 0.6) is 0 Å². The van der Waals surface area contributed by atoms with E-state index in [4.69, 9.17) is 4.74 Å². The molecule has 0 aliphatic carbocycles. The van der Waals surface area contributed by atoms with Crippen LogP contribution in [0.1, 0.15) is 23.1 Å². The van der Waals surface area contributed by atoms with Crippen LogP contribution in [0.2, 0.25) is 0 Å². The highest BCUT2D eigenvalue weighted by atomic mass is 16.5. The zero-order chi connectivity index (χ0) is 14.8. The number of rotatable bonds is 2. The first-order valence-electron chi connectivity index (χ1n) is 7.78. The highest BCUT2D eigenvalue weighted by Gasteiger charge is 2.28. The second-order valence-corrected chi connectivity index (χ2v) is 5.81. The van der Waals surface area contributed by atoms with Crippen molar-refractivity contribution in [3.05, 3.63) is 83.9 Å². The van der Waals surface area contributed by atoms with Gasteiger partial charge >= 0.3 is 0 Å². The van der Waals surface area contributed by atoms with Crippen molar-refractivity contribution >= 4 is 10.8 Å². The lowest BCUT2D eigenvalue weighted by molar-refractivity contribution is -0.00999. The molecule has 2 atom stereocenters. The van der Waals surface area contributed by atoms with Crippen molar-refractivity contribution in [1.29, 1.82) is 0 Å². The standard InChI is InChI=1S/C20H19NO/c1-2-7-16(8-3-1)20-19(13-21-14-22-20)18-11-10-15-6-4-5-9-17(15)12-18/h1-12,19-21H,13-14H2. The van der Waals surface area contributed by atoms with E-state index in [1.54, 1.807) is 0 Å². The van der Waals surface area contributed by atoms with E-state index in [0.717, 1.165) is 6.54 Å². The molecule has 1 N–H and O–H groups in total. The quantitative estimate of drug-likeness (QED) is 0.762. The van der Waals surface area contributed by atoms with Gasteiger partial charge in [0.25, 0.3) is 0 Å². The van der Waals surface area contributed by atoms with Gasteiger partial charge in [-0.25, -0.2) is 0 Å². The molecule has 0 radical (unpaired) electrons. The lowest BCUT2D eigenvalue weighted by atomic mass is 9.87. The zero-order valence-electron chi connectivity index (χ0n) is 12.4. The number of fused-ring (bicyclic) bond motifs is 1. The van der Waals surface area contributed by atoms with E-state index < -0.39 is 0 Å². The maximum Gasteiger partial charge on any atom is 0.0974 e. The SMILES string of the molecule is c1ccc(C2OCNCC2c2ccc3ccccc3c2)cc1. The highest BCUT2D eigenvalue weighted by molar-refractivity contribution is 5.83. The Kier molecular flexibility index (Phi) is 3.63. The van der Waals surface area contributed by atoms with Gasteiger partial charge in [0.15, 0.2) is 0 Å². The minimum absolute atomic E-state index is 0.114. The Labute approximate surface area is 130 Å². The van der Waals surface area contributed by atoms with Crippen LogP contribution in [0, 0.1) is 0 Å². The summed E-state index contributed by atoms with van der Waals surface area (Å²) in [6.45, 7) is 1.56. The number of hydrogen-bond acceptors (Lipinski definition) is 2. The van der Waals surface area contributed by atoms with Gasteiger partial charge in [-0.05, 0) is 21.9 Å². The van der Waals surface area contributed by atoms with Gasteiger partial charge in [0.1, 0.15) is 0 Å². The Bertz CT molecular complexity index is 769. The number of benzene rings is 3. The van der Waals surface area contributed by atoms with Crippen LogP contribution in [0.15, 0.2) is 72.8 Å². The van der Waals surface area contributed by atoms with Crippen LogP contribution in [0.4, 0.5) is 0 Å². The Morgan fingerprint density at radius 2 is 1.55 bits per heavy atom. The third kappa shape index (κ3) is 2.52. The summed E-state index contributed by atoms with van der Waals surface area (Å²) in [5.41, 5.74) is 2.59. The van der Waals surface area contributed by atoms with Crippen LogP contribution >= 0.6 is 0 Å². The summed E-state index contributed by atoms with van der Waals surface area (Å²) >= 11 is 0. The lowest BCUT2D eigenvalue weighted by Gasteiger charge is -2.33. The number of ether oxygens (including phenoxy) is 1. The van der Waals surface area contributed by atoms with Crippen molar-refractivity contribution in [2.45, 2.75) is 12.0 Å². The maximum absolute atomic E-state index is 6.03. The van der Waals surface area contributed by atoms with Gasteiger partial charge in [0.05, 0.1) is 12.8 Å². The van der Waals surface area contributed by atoms with Crippen LogP contribution < -0.4 is 5.32 Å². The Hall–Kier alpha value is -2.16. The third-order valence-corrected chi connectivity index (χ3v) is 4.42. The summed E-state index contributed by atoms with van der Waals surface area (Å²) in [5, 5.41) is 5.93. The molecular formula is C20H19NO. The molecule has 0 bridgehead atoms. The molecule has 0 spiro atoms. The topological polar surface area (TPSA) is 21.3 Å². The van der Waals surface area contributed by atoms with E-state index in [-0.39, 0.29) is 6.10 Å². The highest BCUT2D eigenvalue weighted by Crippen LogP contribution is 2.36. The van der Waals surface area contributed by atoms with Gasteiger partial charge in [0, 0.05) is 12.5 Å². The molecule has 22 heavy (non-hydrogen) atoms. The largest absolute Gasteiger partial charge is 0.358 e. The van der Waals surface area contributed by atoms with Gasteiger partial charge in [-0.15, -0.1) is 0 Å². The first kappa shape index (κ1) is 13.5. The molecule has 2 unspecified atom stereocenters. The number of hydrogen-bond donors (Lipinski definition) is 1. The molecule has 0 amide bonds. The van der Waals surface area contributed by atoms with E-state index in [1.165, 1.54) is 21.9 Å². The van der Waals surface area contributed by atoms with E-state index in [9.17, 15) is 0 Å². The minimum atomic E-state index is 0.114. The van der Waals surface area contributed by atoms with Crippen molar-refractivity contribution in [2.24, 2.45) is 0 Å². The van der Waals surface area contributed by atoms with Crippen LogP contribution in [-0.2, 0) is 4.74 Å². The fourth-order valence-corrected chi connectivity index (χ4v) is 3.29. The van der Waals surface area contributed by atoms with E-state index in [1.807, 2.05) is 0 Å². The normalized spacial score (nSPS) is 21.8. The second-order valence-electron chi connectivity index (χ2n) is 5.81. The molecule has 1 heterocycles. The number of nitrogens with one attached hydrogen (secondary N) is 1. The van der Waals surface area contributed by atoms with Gasteiger partial charge in [-0.1, -0.05) is 72.8 Å². The molecule has 1 saturated heterocycles. The molecule has 3 aromatic carbocycles. The molecule has 1 aliphatic rings. The smallest absolute Gasteiger partial charge is 0.0974 e. The van der Waals surface area contributed by atoms with E-state index >= 15 is 0 Å².